The van der Waals surface area contributed by atoms with E-state index in [1.807, 2.05) is 13.8 Å². The lowest BCUT2D eigenvalue weighted by Gasteiger charge is -2.40. The standard InChI is InChI=1S/C12H26NO3P/c1-5-8-12(4,13-9-6-2)17(14)15-10-7-11(3)16-17/h11,13H,5-10H2,1-4H3/t11-,12-,17-/m0/s1. The monoisotopic (exact) mass is 263 g/mol. The molecule has 0 spiro atoms. The molecular weight excluding hydrogens is 237 g/mol. The first-order valence-corrected chi connectivity index (χ1v) is 8.20. The first-order valence-electron chi connectivity index (χ1n) is 6.65. The van der Waals surface area contributed by atoms with Crippen LogP contribution in [0.3, 0.4) is 0 Å². The summed E-state index contributed by atoms with van der Waals surface area (Å²) in [6.45, 7) is 9.48. The van der Waals surface area contributed by atoms with Crippen molar-refractivity contribution in [2.45, 2.75) is 64.8 Å². The normalized spacial score (nSPS) is 33.3. The van der Waals surface area contributed by atoms with Gasteiger partial charge in [-0.2, -0.15) is 0 Å². The van der Waals surface area contributed by atoms with Crippen molar-refractivity contribution in [3.63, 3.8) is 0 Å². The van der Waals surface area contributed by atoms with Crippen molar-refractivity contribution in [3.8, 4) is 0 Å². The third kappa shape index (κ3) is 3.54. The Labute approximate surface area is 105 Å². The van der Waals surface area contributed by atoms with Gasteiger partial charge in [0.2, 0.25) is 0 Å². The lowest BCUT2D eigenvalue weighted by molar-refractivity contribution is 0.0751. The predicted molar refractivity (Wildman–Crippen MR) is 70.3 cm³/mol. The molecule has 0 saturated carbocycles. The van der Waals surface area contributed by atoms with E-state index in [1.165, 1.54) is 0 Å². The van der Waals surface area contributed by atoms with Crippen molar-refractivity contribution in [2.24, 2.45) is 0 Å². The van der Waals surface area contributed by atoms with Gasteiger partial charge in [0.1, 0.15) is 5.28 Å². The minimum atomic E-state index is -3.05. The minimum Gasteiger partial charge on any atom is -0.307 e. The van der Waals surface area contributed by atoms with E-state index in [0.717, 1.165) is 32.2 Å². The Kier molecular flexibility index (Phi) is 5.65. The maximum atomic E-state index is 12.9. The largest absolute Gasteiger partial charge is 0.350 e. The topological polar surface area (TPSA) is 47.6 Å². The zero-order chi connectivity index (χ0) is 12.9. The Hall–Kier alpha value is 0.110. The summed E-state index contributed by atoms with van der Waals surface area (Å²) >= 11 is 0. The molecule has 0 aromatic heterocycles. The number of hydrogen-bond donors (Lipinski definition) is 1. The molecule has 4 nitrogen and oxygen atoms in total. The van der Waals surface area contributed by atoms with Crippen molar-refractivity contribution < 1.29 is 13.6 Å². The van der Waals surface area contributed by atoms with Gasteiger partial charge in [0.05, 0.1) is 12.7 Å². The van der Waals surface area contributed by atoms with Crippen LogP contribution in [0.25, 0.3) is 0 Å². The van der Waals surface area contributed by atoms with Gasteiger partial charge < -0.3 is 14.4 Å². The lowest BCUT2D eigenvalue weighted by Crippen LogP contribution is -2.45. The third-order valence-electron chi connectivity index (χ3n) is 3.20. The van der Waals surface area contributed by atoms with Crippen molar-refractivity contribution in [2.75, 3.05) is 13.2 Å². The average Bonchev–Trinajstić information content (AvgIpc) is 2.26. The smallest absolute Gasteiger partial charge is 0.307 e. The predicted octanol–water partition coefficient (Wildman–Crippen LogP) is 3.52. The van der Waals surface area contributed by atoms with E-state index in [2.05, 4.69) is 19.2 Å². The van der Waals surface area contributed by atoms with E-state index in [1.54, 1.807) is 0 Å². The highest BCUT2D eigenvalue weighted by atomic mass is 31.2. The Balaban J connectivity index is 2.83. The summed E-state index contributed by atoms with van der Waals surface area (Å²) in [5.74, 6) is 0. The molecular formula is C12H26NO3P. The molecule has 0 aliphatic carbocycles. The highest BCUT2D eigenvalue weighted by Gasteiger charge is 2.48. The second-order valence-electron chi connectivity index (χ2n) is 4.99. The molecule has 3 atom stereocenters. The van der Waals surface area contributed by atoms with E-state index < -0.39 is 12.9 Å². The molecule has 1 heterocycles. The summed E-state index contributed by atoms with van der Waals surface area (Å²) in [4.78, 5) is 0. The van der Waals surface area contributed by atoms with Gasteiger partial charge in [-0.3, -0.25) is 4.57 Å². The molecule has 1 fully saturated rings. The quantitative estimate of drug-likeness (QED) is 0.745. The maximum absolute atomic E-state index is 12.9. The first-order chi connectivity index (χ1) is 7.97. The molecule has 1 rings (SSSR count). The zero-order valence-corrected chi connectivity index (χ0v) is 12.4. The van der Waals surface area contributed by atoms with Crippen LogP contribution in [0.4, 0.5) is 0 Å². The molecule has 0 unspecified atom stereocenters. The third-order valence-corrected chi connectivity index (χ3v) is 5.95. The van der Waals surface area contributed by atoms with Crippen LogP contribution >= 0.6 is 7.60 Å². The average molecular weight is 263 g/mol. The number of nitrogens with one attached hydrogen (secondary N) is 1. The van der Waals surface area contributed by atoms with Crippen molar-refractivity contribution in [3.05, 3.63) is 0 Å². The Morgan fingerprint density at radius 2 is 2.12 bits per heavy atom. The van der Waals surface area contributed by atoms with Crippen LogP contribution in [-0.2, 0) is 13.6 Å². The van der Waals surface area contributed by atoms with Crippen LogP contribution < -0.4 is 5.32 Å². The van der Waals surface area contributed by atoms with Gasteiger partial charge in [-0.1, -0.05) is 20.3 Å². The molecule has 0 amide bonds. The zero-order valence-electron chi connectivity index (χ0n) is 11.5. The molecule has 1 aliphatic rings. The van der Waals surface area contributed by atoms with E-state index in [-0.39, 0.29) is 6.10 Å². The second kappa shape index (κ2) is 6.33. The Morgan fingerprint density at radius 3 is 2.65 bits per heavy atom. The number of hydrogen-bond acceptors (Lipinski definition) is 4. The fourth-order valence-corrected chi connectivity index (χ4v) is 4.43. The van der Waals surface area contributed by atoms with Gasteiger partial charge >= 0.3 is 7.60 Å². The molecule has 0 bridgehead atoms. The van der Waals surface area contributed by atoms with E-state index >= 15 is 0 Å². The Morgan fingerprint density at radius 1 is 1.41 bits per heavy atom. The first kappa shape index (κ1) is 15.2. The van der Waals surface area contributed by atoms with Crippen LogP contribution in [0, 0.1) is 0 Å². The van der Waals surface area contributed by atoms with Gasteiger partial charge in [0.15, 0.2) is 0 Å². The fraction of sp³-hybridized carbons (Fsp3) is 1.00. The second-order valence-corrected chi connectivity index (χ2v) is 7.44. The summed E-state index contributed by atoms with van der Waals surface area (Å²) in [6.07, 6.45) is 3.61. The molecule has 17 heavy (non-hydrogen) atoms. The van der Waals surface area contributed by atoms with Crippen LogP contribution in [-0.4, -0.2) is 24.5 Å². The van der Waals surface area contributed by atoms with Gasteiger partial charge in [-0.15, -0.1) is 0 Å². The highest BCUT2D eigenvalue weighted by molar-refractivity contribution is 7.55. The van der Waals surface area contributed by atoms with Gasteiger partial charge in [0.25, 0.3) is 0 Å². The molecule has 102 valence electrons. The van der Waals surface area contributed by atoms with E-state index in [4.69, 9.17) is 9.05 Å². The summed E-state index contributed by atoms with van der Waals surface area (Å²) in [6, 6.07) is 0. The van der Waals surface area contributed by atoms with Crippen LogP contribution in [0.15, 0.2) is 0 Å². The minimum absolute atomic E-state index is 0.0224. The molecule has 5 heteroatoms. The highest BCUT2D eigenvalue weighted by Crippen LogP contribution is 2.63. The maximum Gasteiger partial charge on any atom is 0.350 e. The molecule has 1 saturated heterocycles. The molecule has 1 aliphatic heterocycles. The van der Waals surface area contributed by atoms with Crippen LogP contribution in [0.1, 0.15) is 53.4 Å². The van der Waals surface area contributed by atoms with E-state index in [9.17, 15) is 4.57 Å². The van der Waals surface area contributed by atoms with Gasteiger partial charge in [-0.25, -0.2) is 0 Å². The van der Waals surface area contributed by atoms with Crippen molar-refractivity contribution in [1.82, 2.24) is 5.32 Å². The van der Waals surface area contributed by atoms with Gasteiger partial charge in [0, 0.05) is 0 Å². The number of rotatable bonds is 6. The summed E-state index contributed by atoms with van der Waals surface area (Å²) < 4.78 is 24.0. The summed E-state index contributed by atoms with van der Waals surface area (Å²) in [7, 11) is -3.05. The SMILES string of the molecule is CCCN[C@](C)(CCC)[P@]1(=O)OCC[C@H](C)O1. The van der Waals surface area contributed by atoms with Gasteiger partial charge in [-0.05, 0) is 39.7 Å². The van der Waals surface area contributed by atoms with Crippen LogP contribution in [0.5, 0.6) is 0 Å². The lowest BCUT2D eigenvalue weighted by atomic mass is 10.2. The molecule has 0 aromatic carbocycles. The molecule has 0 aromatic rings. The Bertz CT molecular complexity index is 285. The van der Waals surface area contributed by atoms with E-state index in [0.29, 0.717) is 6.61 Å². The molecule has 1 N–H and O–H groups in total. The fourth-order valence-electron chi connectivity index (χ4n) is 2.12. The van der Waals surface area contributed by atoms with Crippen molar-refractivity contribution in [1.29, 1.82) is 0 Å². The molecule has 0 radical (unpaired) electrons. The summed E-state index contributed by atoms with van der Waals surface area (Å²) in [5, 5.41) is 2.82. The van der Waals surface area contributed by atoms with Crippen molar-refractivity contribution >= 4 is 7.60 Å². The van der Waals surface area contributed by atoms with Crippen LogP contribution in [0.2, 0.25) is 0 Å². The summed E-state index contributed by atoms with van der Waals surface area (Å²) in [5.41, 5.74) is 0.